The van der Waals surface area contributed by atoms with E-state index in [1.165, 1.54) is 23.3 Å². The Bertz CT molecular complexity index is 768. The molecule has 0 fully saturated rings. The molecular formula is C18H19FN4S. The number of aryl methyl sites for hydroxylation is 1. The second kappa shape index (κ2) is 7.97. The van der Waals surface area contributed by atoms with Gasteiger partial charge in [-0.25, -0.2) is 9.07 Å². The number of nitrogens with one attached hydrogen (secondary N) is 1. The Morgan fingerprint density at radius 2 is 1.67 bits per heavy atom. The molecule has 3 rings (SSSR count). The van der Waals surface area contributed by atoms with E-state index in [-0.39, 0.29) is 5.82 Å². The van der Waals surface area contributed by atoms with Crippen LogP contribution in [-0.4, -0.2) is 14.9 Å². The van der Waals surface area contributed by atoms with Crippen molar-refractivity contribution in [3.63, 3.8) is 0 Å². The van der Waals surface area contributed by atoms with Crippen molar-refractivity contribution in [3.8, 4) is 0 Å². The van der Waals surface area contributed by atoms with Gasteiger partial charge in [0.25, 0.3) is 0 Å². The molecule has 1 aromatic heterocycles. The summed E-state index contributed by atoms with van der Waals surface area (Å²) in [5, 5.41) is 8.87. The van der Waals surface area contributed by atoms with E-state index in [1.807, 2.05) is 4.68 Å². The highest BCUT2D eigenvalue weighted by molar-refractivity contribution is 7.98. The van der Waals surface area contributed by atoms with Gasteiger partial charge in [0.2, 0.25) is 5.16 Å². The van der Waals surface area contributed by atoms with E-state index in [2.05, 4.69) is 46.8 Å². The van der Waals surface area contributed by atoms with Gasteiger partial charge < -0.3 is 5.43 Å². The number of halogens is 1. The zero-order chi connectivity index (χ0) is 16.8. The van der Waals surface area contributed by atoms with Gasteiger partial charge in [0, 0.05) is 5.75 Å². The summed E-state index contributed by atoms with van der Waals surface area (Å²) in [5.41, 5.74) is 6.89. The molecule has 1 N–H and O–H groups in total. The molecule has 0 unspecified atom stereocenters. The van der Waals surface area contributed by atoms with Gasteiger partial charge in [-0.3, -0.25) is 0 Å². The summed E-state index contributed by atoms with van der Waals surface area (Å²) in [6.07, 6.45) is 2.71. The molecule has 0 aliphatic rings. The Hall–Kier alpha value is -2.34. The van der Waals surface area contributed by atoms with Crippen LogP contribution in [0.25, 0.3) is 0 Å². The second-order valence-corrected chi connectivity index (χ2v) is 6.35. The molecule has 0 amide bonds. The molecule has 6 heteroatoms. The van der Waals surface area contributed by atoms with Crippen LogP contribution < -0.4 is 5.43 Å². The molecule has 0 spiro atoms. The summed E-state index contributed by atoms with van der Waals surface area (Å²) in [7, 11) is 0. The average Bonchev–Trinajstić information content (AvgIpc) is 3.07. The number of nitrogens with zero attached hydrogens (tertiary/aromatic N) is 3. The maximum Gasteiger partial charge on any atom is 0.210 e. The van der Waals surface area contributed by atoms with Crippen LogP contribution in [0, 0.1) is 5.82 Å². The first kappa shape index (κ1) is 16.5. The Balaban J connectivity index is 1.57. The monoisotopic (exact) mass is 342 g/mol. The van der Waals surface area contributed by atoms with Crippen LogP contribution in [0.4, 0.5) is 4.39 Å². The van der Waals surface area contributed by atoms with E-state index in [1.54, 1.807) is 30.2 Å². The van der Waals surface area contributed by atoms with Crippen molar-refractivity contribution in [3.05, 3.63) is 77.4 Å². The molecule has 0 aliphatic carbocycles. The Morgan fingerprint density at radius 1 is 1.00 bits per heavy atom. The highest BCUT2D eigenvalue weighted by Crippen LogP contribution is 2.20. The smallest absolute Gasteiger partial charge is 0.210 e. The molecule has 0 aliphatic heterocycles. The Kier molecular flexibility index (Phi) is 5.48. The van der Waals surface area contributed by atoms with Crippen molar-refractivity contribution in [2.75, 3.05) is 5.43 Å². The van der Waals surface area contributed by atoms with Gasteiger partial charge in [0.15, 0.2) is 0 Å². The Morgan fingerprint density at radius 3 is 2.38 bits per heavy atom. The lowest BCUT2D eigenvalue weighted by Crippen LogP contribution is -2.14. The van der Waals surface area contributed by atoms with Crippen molar-refractivity contribution in [2.45, 2.75) is 30.8 Å². The standard InChI is InChI=1S/C18H19FN4S/c1-2-14-3-5-15(6-4-14)11-21-23-13-20-22-18(23)24-12-16-7-9-17(19)10-8-16/h3-10,13,21H,2,11-12H2,1H3. The largest absolute Gasteiger partial charge is 0.318 e. The van der Waals surface area contributed by atoms with Gasteiger partial charge in [-0.2, -0.15) is 0 Å². The van der Waals surface area contributed by atoms with Gasteiger partial charge in [-0.1, -0.05) is 55.1 Å². The van der Waals surface area contributed by atoms with Crippen LogP contribution in [0.2, 0.25) is 0 Å². The fraction of sp³-hybridized carbons (Fsp3) is 0.222. The lowest BCUT2D eigenvalue weighted by atomic mass is 10.1. The van der Waals surface area contributed by atoms with Crippen LogP contribution in [-0.2, 0) is 18.7 Å². The summed E-state index contributed by atoms with van der Waals surface area (Å²) in [4.78, 5) is 0. The third kappa shape index (κ3) is 4.35. The molecule has 24 heavy (non-hydrogen) atoms. The third-order valence-electron chi connectivity index (χ3n) is 3.68. The van der Waals surface area contributed by atoms with E-state index >= 15 is 0 Å². The van der Waals surface area contributed by atoms with Gasteiger partial charge >= 0.3 is 0 Å². The summed E-state index contributed by atoms with van der Waals surface area (Å²) in [6.45, 7) is 2.85. The first-order valence-corrected chi connectivity index (χ1v) is 8.82. The van der Waals surface area contributed by atoms with E-state index < -0.39 is 0 Å². The van der Waals surface area contributed by atoms with Crippen molar-refractivity contribution in [1.82, 2.24) is 14.9 Å². The van der Waals surface area contributed by atoms with E-state index in [0.717, 1.165) is 17.1 Å². The minimum Gasteiger partial charge on any atom is -0.318 e. The van der Waals surface area contributed by atoms with Crippen molar-refractivity contribution >= 4 is 11.8 Å². The zero-order valence-corrected chi connectivity index (χ0v) is 14.3. The lowest BCUT2D eigenvalue weighted by molar-refractivity contribution is 0.627. The average molecular weight is 342 g/mol. The highest BCUT2D eigenvalue weighted by atomic mass is 32.2. The number of hydrogen-bond acceptors (Lipinski definition) is 4. The van der Waals surface area contributed by atoms with Crippen LogP contribution in [0.3, 0.4) is 0 Å². The van der Waals surface area contributed by atoms with E-state index in [9.17, 15) is 4.39 Å². The highest BCUT2D eigenvalue weighted by Gasteiger charge is 2.06. The third-order valence-corrected chi connectivity index (χ3v) is 4.70. The van der Waals surface area contributed by atoms with Crippen LogP contribution in [0.5, 0.6) is 0 Å². The lowest BCUT2D eigenvalue weighted by Gasteiger charge is -2.10. The van der Waals surface area contributed by atoms with E-state index in [0.29, 0.717) is 12.3 Å². The molecule has 3 aromatic rings. The maximum atomic E-state index is 12.9. The second-order valence-electron chi connectivity index (χ2n) is 5.40. The molecular weight excluding hydrogens is 323 g/mol. The fourth-order valence-corrected chi connectivity index (χ4v) is 3.07. The predicted molar refractivity (Wildman–Crippen MR) is 94.9 cm³/mol. The SMILES string of the molecule is CCc1ccc(CNn2cnnc2SCc2ccc(F)cc2)cc1. The van der Waals surface area contributed by atoms with Gasteiger partial charge in [-0.05, 0) is 35.2 Å². The van der Waals surface area contributed by atoms with Gasteiger partial charge in [-0.15, -0.1) is 10.2 Å². The normalized spacial score (nSPS) is 10.8. The first-order chi connectivity index (χ1) is 11.7. The molecule has 1 heterocycles. The molecule has 0 saturated carbocycles. The summed E-state index contributed by atoms with van der Waals surface area (Å²) in [5.74, 6) is 0.494. The molecule has 4 nitrogen and oxygen atoms in total. The van der Waals surface area contributed by atoms with Crippen LogP contribution in [0.1, 0.15) is 23.6 Å². The van der Waals surface area contributed by atoms with Crippen molar-refractivity contribution in [2.24, 2.45) is 0 Å². The maximum absolute atomic E-state index is 12.9. The van der Waals surface area contributed by atoms with Crippen molar-refractivity contribution in [1.29, 1.82) is 0 Å². The van der Waals surface area contributed by atoms with Crippen LogP contribution in [0.15, 0.2) is 60.0 Å². The molecule has 2 aromatic carbocycles. The van der Waals surface area contributed by atoms with Crippen LogP contribution >= 0.6 is 11.8 Å². The minimum absolute atomic E-state index is 0.220. The first-order valence-electron chi connectivity index (χ1n) is 7.83. The topological polar surface area (TPSA) is 42.7 Å². The number of aromatic nitrogens is 3. The van der Waals surface area contributed by atoms with E-state index in [4.69, 9.17) is 0 Å². The number of thioether (sulfide) groups is 1. The molecule has 0 bridgehead atoms. The molecule has 0 atom stereocenters. The number of hydrogen-bond donors (Lipinski definition) is 1. The predicted octanol–water partition coefficient (Wildman–Crippen LogP) is 4.02. The van der Waals surface area contributed by atoms with Crippen molar-refractivity contribution < 1.29 is 4.39 Å². The summed E-state index contributed by atoms with van der Waals surface area (Å²) in [6, 6.07) is 15.1. The fourth-order valence-electron chi connectivity index (χ4n) is 2.23. The summed E-state index contributed by atoms with van der Waals surface area (Å²) < 4.78 is 14.8. The number of benzene rings is 2. The quantitative estimate of drug-likeness (QED) is 0.659. The number of rotatable bonds is 7. The molecule has 0 saturated heterocycles. The van der Waals surface area contributed by atoms with Gasteiger partial charge in [0.05, 0.1) is 6.54 Å². The zero-order valence-electron chi connectivity index (χ0n) is 13.4. The van der Waals surface area contributed by atoms with Gasteiger partial charge in [0.1, 0.15) is 12.1 Å². The minimum atomic E-state index is -0.220. The molecule has 0 radical (unpaired) electrons. The molecule has 124 valence electrons. The summed E-state index contributed by atoms with van der Waals surface area (Å²) >= 11 is 1.56. The Labute approximate surface area is 145 Å².